The molecule has 0 spiro atoms. The molecule has 2 atom stereocenters. The van der Waals surface area contributed by atoms with Crippen LogP contribution < -0.4 is 11.1 Å². The molecule has 4 rings (SSSR count). The van der Waals surface area contributed by atoms with Crippen molar-refractivity contribution >= 4 is 11.8 Å². The fourth-order valence-corrected chi connectivity index (χ4v) is 3.99. The fraction of sp³-hybridized carbons (Fsp3) is 0.250. The van der Waals surface area contributed by atoms with Crippen molar-refractivity contribution < 1.29 is 19.7 Å². The van der Waals surface area contributed by atoms with Crippen molar-refractivity contribution in [3.05, 3.63) is 83.7 Å². The number of hydrogen-bond donors (Lipinski definition) is 4. The quantitative estimate of drug-likeness (QED) is 0.468. The number of anilines is 1. The maximum atomic E-state index is 12.2. The number of nitrogen functional groups attached to an aromatic ring is 1. The van der Waals surface area contributed by atoms with Crippen molar-refractivity contribution in [2.45, 2.75) is 24.5 Å². The molecule has 2 unspecified atom stereocenters. The lowest BCUT2D eigenvalue weighted by atomic mass is 9.98. The molecule has 7 nitrogen and oxygen atoms in total. The maximum absolute atomic E-state index is 12.2. The Hall–Kier alpha value is -3.42. The van der Waals surface area contributed by atoms with E-state index in [0.717, 1.165) is 11.1 Å². The molecule has 0 saturated carbocycles. The highest BCUT2D eigenvalue weighted by atomic mass is 16.5. The molecule has 0 fully saturated rings. The highest BCUT2D eigenvalue weighted by Gasteiger charge is 2.29. The van der Waals surface area contributed by atoms with Crippen molar-refractivity contribution in [2.75, 3.05) is 18.9 Å². The van der Waals surface area contributed by atoms with E-state index in [-0.39, 0.29) is 25.5 Å². The number of ether oxygens (including phenoxy) is 1. The van der Waals surface area contributed by atoms with Gasteiger partial charge in [0.2, 0.25) is 0 Å². The van der Waals surface area contributed by atoms with Gasteiger partial charge in [-0.2, -0.15) is 0 Å². The van der Waals surface area contributed by atoms with Gasteiger partial charge in [-0.3, -0.25) is 4.98 Å². The SMILES string of the molecule is Nc1cncc(C(O)C(O)CCNC(=O)OCC2c3ccccc3-c3ccccc32)c1. The van der Waals surface area contributed by atoms with E-state index in [0.29, 0.717) is 11.3 Å². The molecule has 7 heteroatoms. The van der Waals surface area contributed by atoms with Gasteiger partial charge in [0, 0.05) is 30.4 Å². The van der Waals surface area contributed by atoms with E-state index in [9.17, 15) is 15.0 Å². The molecule has 0 saturated heterocycles. The summed E-state index contributed by atoms with van der Waals surface area (Å²) in [5.41, 5.74) is 11.1. The molecule has 3 aromatic rings. The van der Waals surface area contributed by atoms with Gasteiger partial charge in [0.15, 0.2) is 0 Å². The van der Waals surface area contributed by atoms with Crippen LogP contribution in [0.1, 0.15) is 35.1 Å². The van der Waals surface area contributed by atoms with E-state index in [4.69, 9.17) is 10.5 Å². The number of pyridine rings is 1. The number of benzene rings is 2. The zero-order valence-corrected chi connectivity index (χ0v) is 16.9. The van der Waals surface area contributed by atoms with Crippen LogP contribution in [0.15, 0.2) is 67.0 Å². The molecule has 0 aliphatic heterocycles. The summed E-state index contributed by atoms with van der Waals surface area (Å²) in [6.07, 6.45) is 0.289. The molecule has 31 heavy (non-hydrogen) atoms. The second-order valence-corrected chi connectivity index (χ2v) is 7.60. The van der Waals surface area contributed by atoms with Gasteiger partial charge in [0.1, 0.15) is 12.7 Å². The van der Waals surface area contributed by atoms with Gasteiger partial charge in [-0.1, -0.05) is 48.5 Å². The lowest BCUT2D eigenvalue weighted by Crippen LogP contribution is -2.30. The number of rotatable bonds is 7. The van der Waals surface area contributed by atoms with Crippen LogP contribution in [0.25, 0.3) is 11.1 Å². The standard InChI is InChI=1S/C24H25N3O4/c25-16-11-15(12-26-13-16)23(29)22(28)9-10-27-24(30)31-14-21-19-7-3-1-5-17(19)18-6-2-4-8-20(18)21/h1-8,11-13,21-23,28-29H,9-10,14,25H2,(H,27,30). The zero-order chi connectivity index (χ0) is 21.8. The average Bonchev–Trinajstić information content (AvgIpc) is 3.11. The number of hydrogen-bond acceptors (Lipinski definition) is 6. The summed E-state index contributed by atoms with van der Waals surface area (Å²) in [5.74, 6) is -0.0124. The number of carbonyl (C=O) groups is 1. The third-order valence-corrected chi connectivity index (χ3v) is 5.54. The Morgan fingerprint density at radius 2 is 1.71 bits per heavy atom. The summed E-state index contributed by atoms with van der Waals surface area (Å²) in [7, 11) is 0. The number of fused-ring (bicyclic) bond motifs is 3. The lowest BCUT2D eigenvalue weighted by molar-refractivity contribution is 0.0135. The molecule has 5 N–H and O–H groups in total. The summed E-state index contributed by atoms with van der Waals surface area (Å²) in [6.45, 7) is 0.380. The topological polar surface area (TPSA) is 118 Å². The van der Waals surface area contributed by atoms with Crippen molar-refractivity contribution in [2.24, 2.45) is 0 Å². The normalized spacial score (nSPS) is 14.4. The molecule has 0 radical (unpaired) electrons. The van der Waals surface area contributed by atoms with Gasteiger partial charge in [-0.15, -0.1) is 0 Å². The van der Waals surface area contributed by atoms with Crippen molar-refractivity contribution in [1.29, 1.82) is 0 Å². The minimum absolute atomic E-state index is 0.0124. The van der Waals surface area contributed by atoms with E-state index in [1.54, 1.807) is 6.07 Å². The third kappa shape index (κ3) is 4.52. The Balaban J connectivity index is 1.28. The number of aliphatic hydroxyl groups is 2. The largest absolute Gasteiger partial charge is 0.449 e. The van der Waals surface area contributed by atoms with E-state index in [1.165, 1.54) is 23.5 Å². The number of nitrogens with zero attached hydrogens (tertiary/aromatic N) is 1. The molecule has 1 aliphatic carbocycles. The number of nitrogens with two attached hydrogens (primary N) is 1. The number of nitrogens with one attached hydrogen (secondary N) is 1. The summed E-state index contributed by atoms with van der Waals surface area (Å²) in [6, 6.07) is 17.8. The first-order valence-corrected chi connectivity index (χ1v) is 10.2. The van der Waals surface area contributed by atoms with E-state index in [1.807, 2.05) is 24.3 Å². The minimum atomic E-state index is -1.14. The summed E-state index contributed by atoms with van der Waals surface area (Å²) in [5, 5.41) is 23.0. The van der Waals surface area contributed by atoms with Crippen molar-refractivity contribution in [3.8, 4) is 11.1 Å². The third-order valence-electron chi connectivity index (χ3n) is 5.54. The Bertz CT molecular complexity index is 1030. The van der Waals surface area contributed by atoms with Crippen LogP contribution in [0.2, 0.25) is 0 Å². The highest BCUT2D eigenvalue weighted by molar-refractivity contribution is 5.79. The number of aromatic nitrogens is 1. The highest BCUT2D eigenvalue weighted by Crippen LogP contribution is 2.44. The fourth-order valence-electron chi connectivity index (χ4n) is 3.99. The zero-order valence-electron chi connectivity index (χ0n) is 16.9. The van der Waals surface area contributed by atoms with Crippen molar-refractivity contribution in [3.63, 3.8) is 0 Å². The maximum Gasteiger partial charge on any atom is 0.407 e. The first-order chi connectivity index (χ1) is 15.0. The average molecular weight is 419 g/mol. The Morgan fingerprint density at radius 1 is 1.06 bits per heavy atom. The Kier molecular flexibility index (Phi) is 6.16. The summed E-state index contributed by atoms with van der Waals surface area (Å²) in [4.78, 5) is 16.1. The first-order valence-electron chi connectivity index (χ1n) is 10.2. The number of carbonyl (C=O) groups excluding carboxylic acids is 1. The number of aliphatic hydroxyl groups excluding tert-OH is 2. The molecule has 2 aromatic carbocycles. The molecular weight excluding hydrogens is 394 g/mol. The van der Waals surface area contributed by atoms with E-state index in [2.05, 4.69) is 34.6 Å². The van der Waals surface area contributed by atoms with Crippen LogP contribution >= 0.6 is 0 Å². The van der Waals surface area contributed by atoms with Crippen LogP contribution in [-0.4, -0.2) is 40.5 Å². The molecule has 160 valence electrons. The van der Waals surface area contributed by atoms with Gasteiger partial charge in [0.25, 0.3) is 0 Å². The second kappa shape index (κ2) is 9.16. The molecule has 1 aromatic heterocycles. The molecular formula is C24H25N3O4. The number of alkyl carbamates (subject to hydrolysis) is 1. The predicted octanol–water partition coefficient (Wildman–Crippen LogP) is 2.99. The van der Waals surface area contributed by atoms with E-state index < -0.39 is 18.3 Å². The summed E-state index contributed by atoms with van der Waals surface area (Å²) < 4.78 is 5.46. The smallest absolute Gasteiger partial charge is 0.407 e. The van der Waals surface area contributed by atoms with E-state index >= 15 is 0 Å². The van der Waals surface area contributed by atoms with Gasteiger partial charge in [-0.05, 0) is 34.7 Å². The van der Waals surface area contributed by atoms with Crippen LogP contribution in [0.3, 0.4) is 0 Å². The predicted molar refractivity (Wildman–Crippen MR) is 117 cm³/mol. The molecule has 1 heterocycles. The first kappa shape index (κ1) is 20.8. The van der Waals surface area contributed by atoms with Crippen LogP contribution in [-0.2, 0) is 4.74 Å². The van der Waals surface area contributed by atoms with Crippen molar-refractivity contribution in [1.82, 2.24) is 10.3 Å². The Morgan fingerprint density at radius 3 is 2.35 bits per heavy atom. The van der Waals surface area contributed by atoms with Crippen LogP contribution in [0.5, 0.6) is 0 Å². The molecule has 1 amide bonds. The minimum Gasteiger partial charge on any atom is -0.449 e. The Labute approximate surface area is 180 Å². The lowest BCUT2D eigenvalue weighted by Gasteiger charge is -2.18. The van der Waals surface area contributed by atoms with Gasteiger partial charge in [-0.25, -0.2) is 4.79 Å². The van der Waals surface area contributed by atoms with Gasteiger partial charge < -0.3 is 26.0 Å². The molecule has 0 bridgehead atoms. The molecule has 1 aliphatic rings. The summed E-state index contributed by atoms with van der Waals surface area (Å²) >= 11 is 0. The second-order valence-electron chi connectivity index (χ2n) is 7.60. The number of amides is 1. The van der Waals surface area contributed by atoms with Crippen LogP contribution in [0, 0.1) is 0 Å². The van der Waals surface area contributed by atoms with Gasteiger partial charge >= 0.3 is 6.09 Å². The van der Waals surface area contributed by atoms with Crippen LogP contribution in [0.4, 0.5) is 10.5 Å². The monoisotopic (exact) mass is 419 g/mol. The van der Waals surface area contributed by atoms with Gasteiger partial charge in [0.05, 0.1) is 11.8 Å².